The lowest BCUT2D eigenvalue weighted by molar-refractivity contribution is -0.113. The Hall–Kier alpha value is -2.28. The normalized spacial score (nSPS) is 15.8. The first kappa shape index (κ1) is 30.8. The van der Waals surface area contributed by atoms with E-state index in [4.69, 9.17) is 5.73 Å². The number of likely N-dealkylation sites (N-methyl/N-ethyl adjacent to an activating group) is 1. The molecule has 0 aliphatic rings. The molecule has 0 aliphatic heterocycles. The first-order valence-corrected chi connectivity index (χ1v) is 12.7. The van der Waals surface area contributed by atoms with Crippen LogP contribution in [-0.4, -0.2) is 57.7 Å². The molecule has 7 heteroatoms. The molecule has 0 bridgehead atoms. The Morgan fingerprint density at radius 1 is 1.23 bits per heavy atom. The molecule has 0 radical (unpaired) electrons. The van der Waals surface area contributed by atoms with Crippen molar-refractivity contribution in [3.05, 3.63) is 35.9 Å². The molecule has 2 N–H and O–H groups in total. The molecule has 1 rings (SSSR count). The summed E-state index contributed by atoms with van der Waals surface area (Å²) in [6.45, 7) is 7.27. The van der Waals surface area contributed by atoms with Crippen molar-refractivity contribution in [2.24, 2.45) is 16.6 Å². The van der Waals surface area contributed by atoms with Crippen LogP contribution < -0.4 is 15.5 Å². The third-order valence-electron chi connectivity index (χ3n) is 6.62. The molecular formula is C28H46F2N4O. The number of allylic oxidation sites excluding steroid dienone is 1. The van der Waals surface area contributed by atoms with Gasteiger partial charge in [-0.1, -0.05) is 33.3 Å². The number of carbonyl (C=O) groups excluding carboxylic acids is 1. The summed E-state index contributed by atoms with van der Waals surface area (Å²) in [7, 11) is 7.27. The van der Waals surface area contributed by atoms with Crippen LogP contribution in [-0.2, 0) is 4.79 Å². The Balaban J connectivity index is 3.13. The zero-order valence-corrected chi connectivity index (χ0v) is 22.9. The van der Waals surface area contributed by atoms with Crippen LogP contribution in [0.3, 0.4) is 0 Å². The summed E-state index contributed by atoms with van der Waals surface area (Å²) in [5.74, 6) is -0.347. The summed E-state index contributed by atoms with van der Waals surface area (Å²) in [5.41, 5.74) is 8.18. The van der Waals surface area contributed by atoms with E-state index in [0.717, 1.165) is 29.1 Å². The molecule has 1 aromatic rings. The summed E-state index contributed by atoms with van der Waals surface area (Å²) < 4.78 is 28.7. The lowest BCUT2D eigenvalue weighted by Crippen LogP contribution is -2.49. The standard InChI is InChI=1S/C28H46F2N4O/c1-9-17-28(30,20(2)3)26(31)19-24(32-5)23-16-15-22(18-25(23)33(6)7)34(8)27(35)14-12-10-11-13-21(4)29/h12,14-16,18,20-21,26H,9-11,13,17,19,31H2,1-8H3. The van der Waals surface area contributed by atoms with Crippen LogP contribution in [0.25, 0.3) is 0 Å². The van der Waals surface area contributed by atoms with Crippen molar-refractivity contribution in [2.45, 2.75) is 84.1 Å². The molecule has 198 valence electrons. The fourth-order valence-electron chi connectivity index (χ4n) is 4.27. The average Bonchev–Trinajstić information content (AvgIpc) is 2.80. The molecule has 0 heterocycles. The minimum atomic E-state index is -1.47. The van der Waals surface area contributed by atoms with Crippen molar-refractivity contribution in [3.63, 3.8) is 0 Å². The van der Waals surface area contributed by atoms with Gasteiger partial charge in [0, 0.05) is 63.3 Å². The van der Waals surface area contributed by atoms with Crippen molar-refractivity contribution in [1.29, 1.82) is 0 Å². The van der Waals surface area contributed by atoms with Crippen LogP contribution in [0.2, 0.25) is 0 Å². The molecule has 0 aliphatic carbocycles. The number of unbranched alkanes of at least 4 members (excludes halogenated alkanes) is 1. The van der Waals surface area contributed by atoms with Crippen LogP contribution in [0.5, 0.6) is 0 Å². The Morgan fingerprint density at radius 3 is 2.40 bits per heavy atom. The first-order chi connectivity index (χ1) is 16.4. The zero-order valence-electron chi connectivity index (χ0n) is 22.9. The van der Waals surface area contributed by atoms with E-state index in [1.807, 2.05) is 58.0 Å². The highest BCUT2D eigenvalue weighted by Crippen LogP contribution is 2.34. The number of nitrogens with zero attached hydrogens (tertiary/aromatic N) is 3. The lowest BCUT2D eigenvalue weighted by Gasteiger charge is -2.35. The summed E-state index contributed by atoms with van der Waals surface area (Å²) in [5, 5.41) is 0. The number of aliphatic imine (C=N–C) groups is 1. The van der Waals surface area contributed by atoms with E-state index >= 15 is 4.39 Å². The van der Waals surface area contributed by atoms with Crippen LogP contribution in [0.4, 0.5) is 20.2 Å². The van der Waals surface area contributed by atoms with Crippen molar-refractivity contribution in [1.82, 2.24) is 0 Å². The van der Waals surface area contributed by atoms with Gasteiger partial charge in [0.25, 0.3) is 0 Å². The number of amides is 1. The summed E-state index contributed by atoms with van der Waals surface area (Å²) in [6, 6.07) is 5.04. The minimum Gasteiger partial charge on any atom is -0.377 e. The minimum absolute atomic E-state index is 0.152. The Bertz CT molecular complexity index is 867. The van der Waals surface area contributed by atoms with Crippen molar-refractivity contribution >= 4 is 23.0 Å². The number of hydrogen-bond acceptors (Lipinski definition) is 4. The number of hydrogen-bond donors (Lipinski definition) is 1. The molecule has 0 spiro atoms. The van der Waals surface area contributed by atoms with Gasteiger partial charge in [0.2, 0.25) is 5.91 Å². The van der Waals surface area contributed by atoms with Crippen molar-refractivity contribution in [2.75, 3.05) is 38.0 Å². The van der Waals surface area contributed by atoms with Gasteiger partial charge in [0.1, 0.15) is 5.67 Å². The Kier molecular flexibility index (Phi) is 12.6. The largest absolute Gasteiger partial charge is 0.377 e. The zero-order chi connectivity index (χ0) is 26.8. The molecule has 0 fully saturated rings. The number of carbonyl (C=O) groups is 1. The summed E-state index contributed by atoms with van der Waals surface area (Å²) in [6.07, 6.45) is 5.82. The van der Waals surface area contributed by atoms with E-state index < -0.39 is 17.9 Å². The van der Waals surface area contributed by atoms with Gasteiger partial charge in [-0.3, -0.25) is 9.79 Å². The predicted molar refractivity (Wildman–Crippen MR) is 146 cm³/mol. The van der Waals surface area contributed by atoms with Crippen LogP contribution in [0.1, 0.15) is 71.8 Å². The van der Waals surface area contributed by atoms with E-state index in [9.17, 15) is 9.18 Å². The van der Waals surface area contributed by atoms with Crippen molar-refractivity contribution < 1.29 is 13.6 Å². The summed E-state index contributed by atoms with van der Waals surface area (Å²) >= 11 is 0. The SMILES string of the molecule is CCCC(F)(C(C)C)C(N)CC(=NC)c1ccc(N(C)C(=O)C=CCCCC(C)F)cc1N(C)C. The average molecular weight is 493 g/mol. The number of halogens is 2. The second-order valence-corrected chi connectivity index (χ2v) is 9.92. The smallest absolute Gasteiger partial charge is 0.250 e. The van der Waals surface area contributed by atoms with Gasteiger partial charge in [-0.05, 0) is 62.8 Å². The monoisotopic (exact) mass is 492 g/mol. The van der Waals surface area contributed by atoms with Gasteiger partial charge in [-0.25, -0.2) is 8.78 Å². The maximum Gasteiger partial charge on any atom is 0.250 e. The number of nitrogens with two attached hydrogens (primary N) is 1. The molecule has 5 nitrogen and oxygen atoms in total. The Labute approximate surface area is 211 Å². The lowest BCUT2D eigenvalue weighted by atomic mass is 9.79. The third kappa shape index (κ3) is 8.71. The molecule has 3 unspecified atom stereocenters. The van der Waals surface area contributed by atoms with Gasteiger partial charge < -0.3 is 15.5 Å². The molecule has 1 aromatic carbocycles. The second kappa shape index (κ2) is 14.3. The fourth-order valence-corrected chi connectivity index (χ4v) is 4.27. The third-order valence-corrected chi connectivity index (χ3v) is 6.62. The highest BCUT2D eigenvalue weighted by Gasteiger charge is 2.40. The van der Waals surface area contributed by atoms with Gasteiger partial charge >= 0.3 is 0 Å². The van der Waals surface area contributed by atoms with Crippen LogP contribution >= 0.6 is 0 Å². The van der Waals surface area contributed by atoms with Gasteiger partial charge in [-0.15, -0.1) is 0 Å². The molecular weight excluding hydrogens is 446 g/mol. The molecule has 0 aromatic heterocycles. The van der Waals surface area contributed by atoms with Gasteiger partial charge in [0.15, 0.2) is 0 Å². The van der Waals surface area contributed by atoms with Gasteiger partial charge in [0.05, 0.1) is 6.17 Å². The molecule has 1 amide bonds. The number of benzene rings is 1. The Morgan fingerprint density at radius 2 is 1.89 bits per heavy atom. The molecule has 3 atom stereocenters. The first-order valence-electron chi connectivity index (χ1n) is 12.7. The van der Waals surface area contributed by atoms with Gasteiger partial charge in [-0.2, -0.15) is 0 Å². The molecule has 0 saturated carbocycles. The van der Waals surface area contributed by atoms with Crippen LogP contribution in [0, 0.1) is 5.92 Å². The summed E-state index contributed by atoms with van der Waals surface area (Å²) in [4.78, 5) is 20.7. The van der Waals surface area contributed by atoms with Crippen molar-refractivity contribution in [3.8, 4) is 0 Å². The quantitative estimate of drug-likeness (QED) is 0.194. The number of rotatable bonds is 14. The highest BCUT2D eigenvalue weighted by molar-refractivity contribution is 6.07. The second-order valence-electron chi connectivity index (χ2n) is 9.92. The predicted octanol–water partition coefficient (Wildman–Crippen LogP) is 6.10. The fraction of sp³-hybridized carbons (Fsp3) is 0.643. The van der Waals surface area contributed by atoms with E-state index in [2.05, 4.69) is 4.99 Å². The number of alkyl halides is 2. The molecule has 0 saturated heterocycles. The van der Waals surface area contributed by atoms with E-state index in [0.29, 0.717) is 32.1 Å². The van der Waals surface area contributed by atoms with E-state index in [-0.39, 0.29) is 11.8 Å². The maximum absolute atomic E-state index is 15.8. The van der Waals surface area contributed by atoms with E-state index in [1.165, 1.54) is 6.08 Å². The van der Waals surface area contributed by atoms with E-state index in [1.54, 1.807) is 32.0 Å². The topological polar surface area (TPSA) is 61.9 Å². The molecule has 35 heavy (non-hydrogen) atoms. The van der Waals surface area contributed by atoms with Crippen LogP contribution in [0.15, 0.2) is 35.3 Å². The number of anilines is 2. The highest BCUT2D eigenvalue weighted by atomic mass is 19.1. The maximum atomic E-state index is 15.8.